The van der Waals surface area contributed by atoms with Gasteiger partial charge in [0.05, 0.1) is 0 Å². The average Bonchev–Trinajstić information content (AvgIpc) is 2.65. The Hall–Kier alpha value is -3.42. The Balaban J connectivity index is 1.78. The second kappa shape index (κ2) is 9.91. The highest BCUT2D eigenvalue weighted by atomic mass is 19.1. The summed E-state index contributed by atoms with van der Waals surface area (Å²) >= 11 is 0. The fraction of sp³-hybridized carbons (Fsp3) is 0.211. The minimum absolute atomic E-state index is 0.179. The Labute approximate surface area is 155 Å². The van der Waals surface area contributed by atoms with Gasteiger partial charge in [-0.05, 0) is 37.3 Å². The summed E-state index contributed by atoms with van der Waals surface area (Å²) < 4.78 is 22.9. The number of ether oxygens (including phenoxy) is 2. The molecule has 0 aliphatic rings. The molecule has 0 aliphatic carbocycles. The molecule has 2 N–H and O–H groups in total. The maximum atomic E-state index is 13.0. The molecular weight excluding hydrogens is 355 g/mol. The minimum atomic E-state index is -0.773. The molecule has 2 aromatic carbocycles. The molecule has 0 aromatic heterocycles. The highest BCUT2D eigenvalue weighted by molar-refractivity contribution is 5.97. The number of carbonyl (C=O) groups excluding carboxylic acids is 3. The summed E-state index contributed by atoms with van der Waals surface area (Å²) in [5, 5.41) is 5.18. The van der Waals surface area contributed by atoms with Crippen molar-refractivity contribution in [2.24, 2.45) is 0 Å². The number of carbonyl (C=O) groups is 3. The van der Waals surface area contributed by atoms with E-state index in [0.717, 1.165) is 6.07 Å². The van der Waals surface area contributed by atoms with Crippen molar-refractivity contribution in [2.75, 3.05) is 25.1 Å². The maximum Gasteiger partial charge on any atom is 0.344 e. The van der Waals surface area contributed by atoms with E-state index in [1.165, 1.54) is 24.3 Å². The lowest BCUT2D eigenvalue weighted by atomic mass is 10.2. The van der Waals surface area contributed by atoms with E-state index in [2.05, 4.69) is 10.6 Å². The fourth-order valence-electron chi connectivity index (χ4n) is 2.08. The SMILES string of the molecule is CCNC(=O)c1cccc(NC(=O)COC(=O)COc2cccc(F)c2)c1. The normalized spacial score (nSPS) is 10.0. The molecule has 0 radical (unpaired) electrons. The first-order valence-electron chi connectivity index (χ1n) is 8.20. The molecule has 27 heavy (non-hydrogen) atoms. The van der Waals surface area contributed by atoms with E-state index in [9.17, 15) is 18.8 Å². The standard InChI is InChI=1S/C19H19FN2O5/c1-2-21-19(25)13-5-3-7-15(9-13)22-17(23)11-27-18(24)12-26-16-8-4-6-14(20)10-16/h3-10H,2,11-12H2,1H3,(H,21,25)(H,22,23). The first-order valence-corrected chi connectivity index (χ1v) is 8.20. The van der Waals surface area contributed by atoms with Gasteiger partial charge in [-0.2, -0.15) is 0 Å². The molecule has 2 aromatic rings. The zero-order chi connectivity index (χ0) is 19.6. The van der Waals surface area contributed by atoms with Crippen molar-refractivity contribution in [3.8, 4) is 5.75 Å². The molecule has 0 bridgehead atoms. The van der Waals surface area contributed by atoms with E-state index in [1.54, 1.807) is 25.1 Å². The number of halogens is 1. The molecule has 7 nitrogen and oxygen atoms in total. The molecule has 0 atom stereocenters. The molecule has 0 saturated carbocycles. The van der Waals surface area contributed by atoms with Crippen LogP contribution in [0.2, 0.25) is 0 Å². The van der Waals surface area contributed by atoms with Crippen LogP contribution in [0.3, 0.4) is 0 Å². The highest BCUT2D eigenvalue weighted by Gasteiger charge is 2.10. The molecule has 0 spiro atoms. The van der Waals surface area contributed by atoms with Crippen molar-refractivity contribution in [2.45, 2.75) is 6.92 Å². The van der Waals surface area contributed by atoms with Crippen LogP contribution in [-0.4, -0.2) is 37.5 Å². The molecule has 0 saturated heterocycles. The molecule has 142 valence electrons. The second-order valence-electron chi connectivity index (χ2n) is 5.40. The molecule has 2 rings (SSSR count). The van der Waals surface area contributed by atoms with Crippen molar-refractivity contribution in [1.29, 1.82) is 0 Å². The summed E-state index contributed by atoms with van der Waals surface area (Å²) in [4.78, 5) is 35.2. The smallest absolute Gasteiger partial charge is 0.344 e. The topological polar surface area (TPSA) is 93.7 Å². The summed E-state index contributed by atoms with van der Waals surface area (Å²) in [6.07, 6.45) is 0. The van der Waals surface area contributed by atoms with Crippen LogP contribution in [0, 0.1) is 5.82 Å². The van der Waals surface area contributed by atoms with Crippen molar-refractivity contribution < 1.29 is 28.2 Å². The highest BCUT2D eigenvalue weighted by Crippen LogP contribution is 2.12. The van der Waals surface area contributed by atoms with Gasteiger partial charge in [-0.25, -0.2) is 9.18 Å². The summed E-state index contributed by atoms with van der Waals surface area (Å²) in [6, 6.07) is 11.7. The molecule has 2 amide bonds. The molecule has 8 heteroatoms. The molecular formula is C19H19FN2O5. The second-order valence-corrected chi connectivity index (χ2v) is 5.40. The number of rotatable bonds is 8. The van der Waals surface area contributed by atoms with Crippen LogP contribution in [0.4, 0.5) is 10.1 Å². The van der Waals surface area contributed by atoms with Gasteiger partial charge in [0.1, 0.15) is 11.6 Å². The summed E-state index contributed by atoms with van der Waals surface area (Å²) in [5.74, 6) is -1.91. The van der Waals surface area contributed by atoms with Gasteiger partial charge < -0.3 is 20.1 Å². The predicted molar refractivity (Wildman–Crippen MR) is 95.9 cm³/mol. The van der Waals surface area contributed by atoms with E-state index < -0.39 is 30.9 Å². The zero-order valence-corrected chi connectivity index (χ0v) is 14.7. The number of nitrogens with one attached hydrogen (secondary N) is 2. The van der Waals surface area contributed by atoms with Crippen molar-refractivity contribution in [3.05, 3.63) is 59.9 Å². The summed E-state index contributed by atoms with van der Waals surface area (Å²) in [5.41, 5.74) is 0.797. The third-order valence-electron chi connectivity index (χ3n) is 3.26. The van der Waals surface area contributed by atoms with Gasteiger partial charge in [-0.15, -0.1) is 0 Å². The Morgan fingerprint density at radius 3 is 2.56 bits per heavy atom. The molecule has 0 unspecified atom stereocenters. The number of hydrogen-bond donors (Lipinski definition) is 2. The maximum absolute atomic E-state index is 13.0. The predicted octanol–water partition coefficient (Wildman–Crippen LogP) is 2.14. The number of benzene rings is 2. The van der Waals surface area contributed by atoms with Gasteiger partial charge in [-0.3, -0.25) is 9.59 Å². The first kappa shape index (κ1) is 19.9. The van der Waals surface area contributed by atoms with Crippen molar-refractivity contribution in [3.63, 3.8) is 0 Å². The van der Waals surface area contributed by atoms with Crippen LogP contribution in [-0.2, 0) is 14.3 Å². The lowest BCUT2D eigenvalue weighted by Gasteiger charge is -2.09. The first-order chi connectivity index (χ1) is 13.0. The third-order valence-corrected chi connectivity index (χ3v) is 3.26. The number of anilines is 1. The van der Waals surface area contributed by atoms with Crippen LogP contribution >= 0.6 is 0 Å². The number of esters is 1. The Kier molecular flexibility index (Phi) is 7.30. The van der Waals surface area contributed by atoms with Crippen LogP contribution in [0.1, 0.15) is 17.3 Å². The van der Waals surface area contributed by atoms with Crippen LogP contribution < -0.4 is 15.4 Å². The average molecular weight is 374 g/mol. The van der Waals surface area contributed by atoms with Crippen LogP contribution in [0.15, 0.2) is 48.5 Å². The Bertz CT molecular complexity index is 825. The summed E-state index contributed by atoms with van der Waals surface area (Å²) in [7, 11) is 0. The van der Waals surface area contributed by atoms with Crippen molar-refractivity contribution in [1.82, 2.24) is 5.32 Å². The fourth-order valence-corrected chi connectivity index (χ4v) is 2.08. The minimum Gasteiger partial charge on any atom is -0.482 e. The third kappa shape index (κ3) is 6.77. The zero-order valence-electron chi connectivity index (χ0n) is 14.7. The van der Waals surface area contributed by atoms with E-state index in [1.807, 2.05) is 0 Å². The Morgan fingerprint density at radius 2 is 1.81 bits per heavy atom. The summed E-state index contributed by atoms with van der Waals surface area (Å²) in [6.45, 7) is 1.32. The van der Waals surface area contributed by atoms with Gasteiger partial charge in [0, 0.05) is 23.9 Å². The monoisotopic (exact) mass is 374 g/mol. The number of hydrogen-bond acceptors (Lipinski definition) is 5. The Morgan fingerprint density at radius 1 is 1.04 bits per heavy atom. The van der Waals surface area contributed by atoms with Gasteiger partial charge in [0.15, 0.2) is 13.2 Å². The van der Waals surface area contributed by atoms with Gasteiger partial charge in [-0.1, -0.05) is 12.1 Å². The lowest BCUT2D eigenvalue weighted by Crippen LogP contribution is -2.24. The largest absolute Gasteiger partial charge is 0.482 e. The van der Waals surface area contributed by atoms with E-state index in [0.29, 0.717) is 17.8 Å². The van der Waals surface area contributed by atoms with Gasteiger partial charge in [0.25, 0.3) is 11.8 Å². The molecule has 0 heterocycles. The molecule has 0 fully saturated rings. The van der Waals surface area contributed by atoms with Gasteiger partial charge >= 0.3 is 5.97 Å². The van der Waals surface area contributed by atoms with E-state index in [-0.39, 0.29) is 11.7 Å². The van der Waals surface area contributed by atoms with E-state index >= 15 is 0 Å². The molecule has 0 aliphatic heterocycles. The number of amides is 2. The van der Waals surface area contributed by atoms with Gasteiger partial charge in [0.2, 0.25) is 0 Å². The van der Waals surface area contributed by atoms with E-state index in [4.69, 9.17) is 9.47 Å². The lowest BCUT2D eigenvalue weighted by molar-refractivity contribution is -0.149. The quantitative estimate of drug-likeness (QED) is 0.691. The van der Waals surface area contributed by atoms with Crippen LogP contribution in [0.25, 0.3) is 0 Å². The van der Waals surface area contributed by atoms with Crippen LogP contribution in [0.5, 0.6) is 5.75 Å². The van der Waals surface area contributed by atoms with Crippen molar-refractivity contribution >= 4 is 23.5 Å².